The van der Waals surface area contributed by atoms with E-state index in [9.17, 15) is 51.9 Å². The smallest absolute Gasteiger partial charge is 0.294 e. The van der Waals surface area contributed by atoms with Crippen molar-refractivity contribution in [2.45, 2.75) is 98.2 Å². The summed E-state index contributed by atoms with van der Waals surface area (Å²) in [6.45, 7) is 8.53. The lowest BCUT2D eigenvalue weighted by molar-refractivity contribution is -0.438. The molecule has 2 heterocycles. The number of rotatable bonds is 20. The van der Waals surface area contributed by atoms with Crippen LogP contribution >= 0.6 is 12.0 Å². The molecule has 0 radical (unpaired) electrons. The van der Waals surface area contributed by atoms with Gasteiger partial charge in [-0.25, -0.2) is 5.26 Å². The Morgan fingerprint density at radius 1 is 0.716 bits per heavy atom. The molecule has 2 aliphatic heterocycles. The third-order valence-corrected chi connectivity index (χ3v) is 15.9. The number of hydrogen-bond acceptors (Lipinski definition) is 14. The molecular weight excluding hydrogens is 973 g/mol. The second-order valence-corrected chi connectivity index (χ2v) is 24.1. The fraction of sp³-hybridized carbons (Fsp3) is 0.386. The lowest BCUT2D eigenvalue weighted by Gasteiger charge is -2.27. The van der Waals surface area contributed by atoms with E-state index in [4.69, 9.17) is 14.3 Å². The van der Waals surface area contributed by atoms with Gasteiger partial charge in [-0.2, -0.15) is 38.2 Å². The number of unbranched alkanes of at least 4 members (excludes halogenated alkanes) is 2. The highest BCUT2D eigenvalue weighted by molar-refractivity contribution is 7.94. The summed E-state index contributed by atoms with van der Waals surface area (Å²) in [6.07, 6.45) is 10.5. The van der Waals surface area contributed by atoms with Crippen LogP contribution in [0.2, 0.25) is 0 Å². The van der Waals surface area contributed by atoms with E-state index in [1.54, 1.807) is 12.1 Å². The van der Waals surface area contributed by atoms with Crippen molar-refractivity contribution in [3.63, 3.8) is 0 Å². The monoisotopic (exact) mass is 1030 g/mol. The molecule has 0 saturated heterocycles. The molecule has 0 saturated carbocycles. The maximum atomic E-state index is 12.2. The Kier molecular flexibility index (Phi) is 15.9. The molecule has 3 aromatic rings. The Balaban J connectivity index is 1.47. The summed E-state index contributed by atoms with van der Waals surface area (Å²) in [7, 11) is -17.5. The highest BCUT2D eigenvalue weighted by Crippen LogP contribution is 2.49. The van der Waals surface area contributed by atoms with Crippen LogP contribution in [0.25, 0.3) is 0 Å². The van der Waals surface area contributed by atoms with Crippen LogP contribution in [0.3, 0.4) is 0 Å². The molecule has 0 atom stereocenters. The summed E-state index contributed by atoms with van der Waals surface area (Å²) in [5.74, 6) is -0.130. The van der Waals surface area contributed by atoms with Gasteiger partial charge in [0.1, 0.15) is 18.1 Å². The van der Waals surface area contributed by atoms with Gasteiger partial charge in [0, 0.05) is 52.4 Å². The van der Waals surface area contributed by atoms with Crippen molar-refractivity contribution in [3.8, 4) is 5.75 Å². The van der Waals surface area contributed by atoms with E-state index < -0.39 is 62.8 Å². The minimum absolute atomic E-state index is 0.144. The molecule has 3 aliphatic rings. The largest absolute Gasteiger partial charge is 0.457 e. The van der Waals surface area contributed by atoms with Gasteiger partial charge in [0.2, 0.25) is 5.69 Å². The maximum Gasteiger partial charge on any atom is 0.294 e. The topological polar surface area (TPSA) is 272 Å². The first-order chi connectivity index (χ1) is 31.2. The minimum Gasteiger partial charge on any atom is -0.457 e. The van der Waals surface area contributed by atoms with Crippen LogP contribution < -0.4 is 9.64 Å². The lowest BCUT2D eigenvalue weighted by atomic mass is 9.81. The number of anilines is 1. The van der Waals surface area contributed by atoms with E-state index in [2.05, 4.69) is 9.61 Å². The number of benzene rings is 3. The summed E-state index contributed by atoms with van der Waals surface area (Å²) in [6, 6.07) is 15.1. The van der Waals surface area contributed by atoms with Crippen LogP contribution in [0.1, 0.15) is 83.8 Å². The molecule has 5 N–H and O–H groups in total. The molecule has 0 bridgehead atoms. The summed E-state index contributed by atoms with van der Waals surface area (Å²) in [4.78, 5) is 1.96. The van der Waals surface area contributed by atoms with Crippen molar-refractivity contribution in [2.24, 2.45) is 0 Å². The molecule has 23 heteroatoms. The zero-order chi connectivity index (χ0) is 49.2. The SMILES string of the molecule is CC1(C)C(C=CC2=C(Oc3ccc(S(=O)(=O)O)cc3)C(=C/C=C3/N(CCCCS(=O)(=O)O)c4ccc(S(=O)(=O)O)cc4C3(C)C)CCC2)=[N+](CCCCS(=O)(=O)O)c2ccc(SOOO)cc21. The maximum absolute atomic E-state index is 12.2. The van der Waals surface area contributed by atoms with Gasteiger partial charge in [0.25, 0.3) is 40.5 Å². The fourth-order valence-electron chi connectivity index (χ4n) is 8.67. The zero-order valence-corrected chi connectivity index (χ0v) is 41.1. The normalized spacial score (nSPS) is 18.7. The van der Waals surface area contributed by atoms with Crippen LogP contribution in [0.15, 0.2) is 122 Å². The second-order valence-electron chi connectivity index (χ2n) is 17.3. The molecule has 67 heavy (non-hydrogen) atoms. The third-order valence-electron chi connectivity index (χ3n) is 12.0. The Bertz CT molecular complexity index is 3010. The second kappa shape index (κ2) is 20.4. The van der Waals surface area contributed by atoms with Gasteiger partial charge < -0.3 is 9.64 Å². The molecule has 0 unspecified atom stereocenters. The summed E-state index contributed by atoms with van der Waals surface area (Å²) in [5.41, 5.74) is 4.57. The van der Waals surface area contributed by atoms with Gasteiger partial charge in [-0.1, -0.05) is 25.0 Å². The Morgan fingerprint density at radius 3 is 1.99 bits per heavy atom. The lowest BCUT2D eigenvalue weighted by Crippen LogP contribution is -2.28. The predicted octanol–water partition coefficient (Wildman–Crippen LogP) is 8.00. The third kappa shape index (κ3) is 12.7. The van der Waals surface area contributed by atoms with Crippen molar-refractivity contribution in [2.75, 3.05) is 29.5 Å². The van der Waals surface area contributed by atoms with Crippen LogP contribution in [0.5, 0.6) is 5.75 Å². The standard InChI is InChI=1S/C44H52N2O16S5/c1-43(2)36-28-33(63-62-61-47)16-20-38(36)45(24-5-7-26-64(48,49)50)40(43)22-12-30-10-9-11-31(42(30)60-32-14-17-34(18-15-32)66(54,55)56)13-23-41-44(3,4)37-29-35(67(57,58)59)19-21-39(37)46(41)25-6-8-27-65(51,52)53/h12-23,28-29H,5-11,24-27H2,1-4H3,(H4-,47,48,49,50,51,52,53,54,55,56,57,58,59)/p+1. The Hall–Kier alpha value is -4.24. The average molecular weight is 1030 g/mol. The van der Waals surface area contributed by atoms with Gasteiger partial charge in [-0.15, -0.1) is 4.33 Å². The molecule has 18 nitrogen and oxygen atoms in total. The van der Waals surface area contributed by atoms with Gasteiger partial charge >= 0.3 is 0 Å². The van der Waals surface area contributed by atoms with E-state index in [0.717, 1.165) is 40.2 Å². The molecule has 1 aliphatic carbocycles. The minimum atomic E-state index is -4.56. The summed E-state index contributed by atoms with van der Waals surface area (Å²) >= 11 is 0.808. The van der Waals surface area contributed by atoms with Crippen LogP contribution in [-0.4, -0.2) is 92.0 Å². The molecule has 6 rings (SSSR count). The molecule has 0 fully saturated rings. The zero-order valence-electron chi connectivity index (χ0n) is 37.0. The highest BCUT2D eigenvalue weighted by atomic mass is 32.2. The number of allylic oxidation sites excluding steroid dienone is 7. The first-order valence-corrected chi connectivity index (χ1v) is 27.9. The van der Waals surface area contributed by atoms with Gasteiger partial charge in [-0.05, 0) is 136 Å². The van der Waals surface area contributed by atoms with E-state index in [0.29, 0.717) is 72.8 Å². The molecule has 0 aromatic heterocycles. The van der Waals surface area contributed by atoms with Gasteiger partial charge in [0.15, 0.2) is 5.71 Å². The number of nitrogens with zero attached hydrogens (tertiary/aromatic N) is 2. The van der Waals surface area contributed by atoms with Crippen molar-refractivity contribution in [3.05, 3.63) is 119 Å². The van der Waals surface area contributed by atoms with Crippen LogP contribution in [0.4, 0.5) is 11.4 Å². The van der Waals surface area contributed by atoms with Crippen LogP contribution in [0, 0.1) is 0 Å². The first-order valence-electron chi connectivity index (χ1n) is 21.0. The van der Waals surface area contributed by atoms with Crippen molar-refractivity contribution in [1.82, 2.24) is 0 Å². The van der Waals surface area contributed by atoms with Crippen molar-refractivity contribution >= 4 is 69.6 Å². The van der Waals surface area contributed by atoms with Crippen molar-refractivity contribution in [1.29, 1.82) is 0 Å². The Labute approximate surface area is 395 Å². The van der Waals surface area contributed by atoms with E-state index >= 15 is 0 Å². The summed E-state index contributed by atoms with van der Waals surface area (Å²) < 4.78 is 146. The van der Waals surface area contributed by atoms with E-state index in [1.807, 2.05) is 69.0 Å². The van der Waals surface area contributed by atoms with Gasteiger partial charge in [-0.3, -0.25) is 18.2 Å². The number of ether oxygens (including phenoxy) is 1. The molecule has 0 amide bonds. The molecule has 364 valence electrons. The average Bonchev–Trinajstić information content (AvgIpc) is 3.58. The molecule has 0 spiro atoms. The fourth-order valence-corrected chi connectivity index (χ4v) is 11.2. The highest BCUT2D eigenvalue weighted by Gasteiger charge is 2.45. The quantitative estimate of drug-likeness (QED) is 0.0179. The molecular formula is C44H53N2O16S5+. The number of fused-ring (bicyclic) bond motifs is 2. The summed E-state index contributed by atoms with van der Waals surface area (Å²) in [5, 5.41) is 12.6. The first kappa shape index (κ1) is 52.1. The van der Waals surface area contributed by atoms with E-state index in [1.165, 1.54) is 36.4 Å². The molecule has 3 aromatic carbocycles. The Morgan fingerprint density at radius 2 is 1.36 bits per heavy atom. The van der Waals surface area contributed by atoms with E-state index in [-0.39, 0.29) is 28.4 Å². The van der Waals surface area contributed by atoms with Gasteiger partial charge in [0.05, 0.1) is 38.8 Å². The van der Waals surface area contributed by atoms with Crippen molar-refractivity contribution < 1.29 is 75.8 Å². The number of hydrogen-bond donors (Lipinski definition) is 5. The van der Waals surface area contributed by atoms with Crippen LogP contribution in [-0.2, 0) is 60.7 Å². The predicted molar refractivity (Wildman–Crippen MR) is 251 cm³/mol.